The summed E-state index contributed by atoms with van der Waals surface area (Å²) >= 11 is 0. The van der Waals surface area contributed by atoms with Crippen molar-refractivity contribution in [1.82, 2.24) is 5.32 Å². The third kappa shape index (κ3) is 3.58. The van der Waals surface area contributed by atoms with Crippen LogP contribution in [0.5, 0.6) is 0 Å². The van der Waals surface area contributed by atoms with Crippen LogP contribution in [0, 0.1) is 11.8 Å². The van der Waals surface area contributed by atoms with E-state index >= 15 is 0 Å². The highest BCUT2D eigenvalue weighted by molar-refractivity contribution is 4.82. The topological polar surface area (TPSA) is 32.3 Å². The molecule has 0 aromatic heterocycles. The highest BCUT2D eigenvalue weighted by atomic mass is 16.3. The molecule has 0 saturated heterocycles. The van der Waals surface area contributed by atoms with E-state index in [-0.39, 0.29) is 0 Å². The summed E-state index contributed by atoms with van der Waals surface area (Å²) in [6, 6.07) is 1.13. The van der Waals surface area contributed by atoms with E-state index in [1.807, 2.05) is 0 Å². The Labute approximate surface area is 88.1 Å². The molecule has 0 aromatic carbocycles. The average Bonchev–Trinajstić information content (AvgIpc) is 2.10. The average molecular weight is 199 g/mol. The number of aliphatic hydroxyl groups excluding tert-OH is 1. The molecule has 0 radical (unpaired) electrons. The monoisotopic (exact) mass is 199 g/mol. The molecule has 0 aliphatic heterocycles. The van der Waals surface area contributed by atoms with Gasteiger partial charge in [-0.3, -0.25) is 0 Å². The SMILES string of the molecule is CC1CCC(N[C@H](C)CCO)C(C)C1. The summed E-state index contributed by atoms with van der Waals surface area (Å²) in [6.07, 6.45) is 4.88. The maximum Gasteiger partial charge on any atom is 0.0445 e. The third-order valence-corrected chi connectivity index (χ3v) is 3.49. The van der Waals surface area contributed by atoms with Crippen LogP contribution in [0.1, 0.15) is 46.5 Å². The van der Waals surface area contributed by atoms with Crippen LogP contribution in [0.4, 0.5) is 0 Å². The minimum atomic E-state index is 0.297. The van der Waals surface area contributed by atoms with Gasteiger partial charge in [0.25, 0.3) is 0 Å². The van der Waals surface area contributed by atoms with Gasteiger partial charge in [-0.2, -0.15) is 0 Å². The Morgan fingerprint density at radius 1 is 1.36 bits per heavy atom. The summed E-state index contributed by atoms with van der Waals surface area (Å²) in [5, 5.41) is 12.5. The van der Waals surface area contributed by atoms with Gasteiger partial charge in [0.15, 0.2) is 0 Å². The second kappa shape index (κ2) is 5.72. The molecule has 0 bridgehead atoms. The second-order valence-corrected chi connectivity index (χ2v) is 5.08. The van der Waals surface area contributed by atoms with E-state index in [1.54, 1.807) is 0 Å². The van der Waals surface area contributed by atoms with Gasteiger partial charge in [-0.1, -0.05) is 13.8 Å². The van der Waals surface area contributed by atoms with Crippen molar-refractivity contribution in [2.45, 2.75) is 58.5 Å². The molecule has 2 N–H and O–H groups in total. The first-order valence-electron chi connectivity index (χ1n) is 6.00. The van der Waals surface area contributed by atoms with Crippen molar-refractivity contribution in [3.05, 3.63) is 0 Å². The highest BCUT2D eigenvalue weighted by Crippen LogP contribution is 2.28. The summed E-state index contributed by atoms with van der Waals surface area (Å²) in [7, 11) is 0. The van der Waals surface area contributed by atoms with Gasteiger partial charge in [0.2, 0.25) is 0 Å². The molecule has 1 aliphatic rings. The van der Waals surface area contributed by atoms with Crippen LogP contribution < -0.4 is 5.32 Å². The van der Waals surface area contributed by atoms with Gasteiger partial charge in [0, 0.05) is 18.7 Å². The molecule has 0 spiro atoms. The Morgan fingerprint density at radius 2 is 2.07 bits per heavy atom. The lowest BCUT2D eigenvalue weighted by Gasteiger charge is -2.35. The standard InChI is InChI=1S/C12H25NO/c1-9-4-5-12(10(2)8-9)13-11(3)6-7-14/h9-14H,4-8H2,1-3H3/t9?,10?,11-,12?/m1/s1. The number of rotatable bonds is 4. The number of hydrogen-bond donors (Lipinski definition) is 2. The molecule has 2 heteroatoms. The summed E-state index contributed by atoms with van der Waals surface area (Å²) in [6.45, 7) is 7.16. The van der Waals surface area contributed by atoms with E-state index < -0.39 is 0 Å². The molecule has 1 saturated carbocycles. The van der Waals surface area contributed by atoms with Crippen LogP contribution in [0.3, 0.4) is 0 Å². The highest BCUT2D eigenvalue weighted by Gasteiger charge is 2.25. The van der Waals surface area contributed by atoms with Crippen LogP contribution in [0.15, 0.2) is 0 Å². The van der Waals surface area contributed by atoms with E-state index in [9.17, 15) is 0 Å². The molecule has 2 nitrogen and oxygen atoms in total. The fourth-order valence-corrected chi connectivity index (χ4v) is 2.56. The molecule has 84 valence electrons. The summed E-state index contributed by atoms with van der Waals surface area (Å²) in [5.74, 6) is 1.69. The van der Waals surface area contributed by atoms with Gasteiger partial charge >= 0.3 is 0 Å². The lowest BCUT2D eigenvalue weighted by Crippen LogP contribution is -2.43. The second-order valence-electron chi connectivity index (χ2n) is 5.08. The molecule has 1 aliphatic carbocycles. The molecule has 3 unspecified atom stereocenters. The van der Waals surface area contributed by atoms with Crippen LogP contribution in [0.25, 0.3) is 0 Å². The third-order valence-electron chi connectivity index (χ3n) is 3.49. The first-order valence-corrected chi connectivity index (χ1v) is 6.00. The van der Waals surface area contributed by atoms with Crippen molar-refractivity contribution in [2.75, 3.05) is 6.61 Å². The van der Waals surface area contributed by atoms with Gasteiger partial charge in [-0.05, 0) is 44.4 Å². The van der Waals surface area contributed by atoms with E-state index in [4.69, 9.17) is 5.11 Å². The van der Waals surface area contributed by atoms with Crippen LogP contribution in [-0.4, -0.2) is 23.8 Å². The molecule has 14 heavy (non-hydrogen) atoms. The predicted octanol–water partition coefficient (Wildman–Crippen LogP) is 2.17. The van der Waals surface area contributed by atoms with Crippen molar-refractivity contribution in [1.29, 1.82) is 0 Å². The minimum Gasteiger partial charge on any atom is -0.396 e. The summed E-state index contributed by atoms with van der Waals surface area (Å²) < 4.78 is 0. The van der Waals surface area contributed by atoms with Gasteiger partial charge < -0.3 is 10.4 Å². The zero-order chi connectivity index (χ0) is 10.6. The lowest BCUT2D eigenvalue weighted by molar-refractivity contribution is 0.200. The molecule has 1 rings (SSSR count). The zero-order valence-electron chi connectivity index (χ0n) is 9.79. The normalized spacial score (nSPS) is 35.6. The van der Waals surface area contributed by atoms with E-state index in [0.29, 0.717) is 18.7 Å². The molecular formula is C12H25NO. The molecule has 0 amide bonds. The van der Waals surface area contributed by atoms with Crippen LogP contribution in [-0.2, 0) is 0 Å². The summed E-state index contributed by atoms with van der Waals surface area (Å²) in [5.41, 5.74) is 0. The molecule has 4 atom stereocenters. The quantitative estimate of drug-likeness (QED) is 0.727. The number of aliphatic hydroxyl groups is 1. The molecule has 0 heterocycles. The number of nitrogens with one attached hydrogen (secondary N) is 1. The van der Waals surface area contributed by atoms with Crippen molar-refractivity contribution >= 4 is 0 Å². The summed E-state index contributed by atoms with van der Waals surface area (Å²) in [4.78, 5) is 0. The van der Waals surface area contributed by atoms with Crippen molar-refractivity contribution in [3.63, 3.8) is 0 Å². The maximum atomic E-state index is 8.83. The predicted molar refractivity (Wildman–Crippen MR) is 60.3 cm³/mol. The fourth-order valence-electron chi connectivity index (χ4n) is 2.56. The Balaban J connectivity index is 2.29. The van der Waals surface area contributed by atoms with Gasteiger partial charge in [0.05, 0.1) is 0 Å². The zero-order valence-corrected chi connectivity index (χ0v) is 9.79. The number of hydrogen-bond acceptors (Lipinski definition) is 2. The fraction of sp³-hybridized carbons (Fsp3) is 1.00. The van der Waals surface area contributed by atoms with E-state index in [0.717, 1.165) is 18.3 Å². The first kappa shape index (κ1) is 12.0. The van der Waals surface area contributed by atoms with Crippen molar-refractivity contribution in [3.8, 4) is 0 Å². The Hall–Kier alpha value is -0.0800. The molecule has 0 aromatic rings. The van der Waals surface area contributed by atoms with Crippen LogP contribution in [0.2, 0.25) is 0 Å². The maximum absolute atomic E-state index is 8.83. The van der Waals surface area contributed by atoms with E-state index in [1.165, 1.54) is 19.3 Å². The van der Waals surface area contributed by atoms with Gasteiger partial charge in [0.1, 0.15) is 0 Å². The molecule has 1 fully saturated rings. The van der Waals surface area contributed by atoms with Gasteiger partial charge in [-0.25, -0.2) is 0 Å². The molecular weight excluding hydrogens is 174 g/mol. The Bertz CT molecular complexity index is 160. The Morgan fingerprint density at radius 3 is 2.64 bits per heavy atom. The smallest absolute Gasteiger partial charge is 0.0445 e. The lowest BCUT2D eigenvalue weighted by atomic mass is 9.79. The Kier molecular flexibility index (Phi) is 4.90. The minimum absolute atomic E-state index is 0.297. The van der Waals surface area contributed by atoms with Crippen LogP contribution >= 0.6 is 0 Å². The van der Waals surface area contributed by atoms with Crippen molar-refractivity contribution in [2.24, 2.45) is 11.8 Å². The first-order chi connectivity index (χ1) is 6.63. The van der Waals surface area contributed by atoms with Gasteiger partial charge in [-0.15, -0.1) is 0 Å². The van der Waals surface area contributed by atoms with Crippen molar-refractivity contribution < 1.29 is 5.11 Å². The largest absolute Gasteiger partial charge is 0.396 e. The van der Waals surface area contributed by atoms with E-state index in [2.05, 4.69) is 26.1 Å².